The molecule has 0 heterocycles. The van der Waals surface area contributed by atoms with E-state index in [2.05, 4.69) is 66.0 Å². The van der Waals surface area contributed by atoms with E-state index in [9.17, 15) is 9.59 Å². The van der Waals surface area contributed by atoms with E-state index in [0.717, 1.165) is 36.8 Å². The molecule has 6 nitrogen and oxygen atoms in total. The first kappa shape index (κ1) is 37.2. The summed E-state index contributed by atoms with van der Waals surface area (Å²) in [5, 5.41) is 5.67. The molecule has 6 heteroatoms. The van der Waals surface area contributed by atoms with Crippen LogP contribution in [-0.4, -0.2) is 25.0 Å². The number of hydrogen-bond acceptors (Lipinski definition) is 4. The summed E-state index contributed by atoms with van der Waals surface area (Å²) in [6.45, 7) is 18.3. The first-order valence-electron chi connectivity index (χ1n) is 17.0. The molecule has 0 spiro atoms. The van der Waals surface area contributed by atoms with Gasteiger partial charge in [0.2, 0.25) is 0 Å². The highest BCUT2D eigenvalue weighted by molar-refractivity contribution is 6.44. The predicted octanol–water partition coefficient (Wildman–Crippen LogP) is 10.3. The lowest BCUT2D eigenvalue weighted by Gasteiger charge is -2.22. The number of nitrogens with one attached hydrogen (secondary N) is 2. The molecule has 0 fully saturated rings. The fraction of sp³-hybridized carbons (Fsp3) is 0.632. The molecule has 2 amide bonds. The number of carbonyl (C=O) groups is 2. The van der Waals surface area contributed by atoms with Crippen LogP contribution in [0.4, 0.5) is 11.4 Å². The largest absolute Gasteiger partial charge is 0.491 e. The number of carbonyl (C=O) groups excluding carboxylic acids is 2. The van der Waals surface area contributed by atoms with E-state index in [1.165, 1.54) is 51.4 Å². The molecule has 0 aliphatic rings. The Kier molecular flexibility index (Phi) is 15.8. The molecule has 44 heavy (non-hydrogen) atoms. The Bertz CT molecular complexity index is 1070. The molecule has 0 radical (unpaired) electrons. The van der Waals surface area contributed by atoms with Crippen molar-refractivity contribution in [1.82, 2.24) is 0 Å². The lowest BCUT2D eigenvalue weighted by atomic mass is 9.86. The van der Waals surface area contributed by atoms with E-state index < -0.39 is 11.8 Å². The van der Waals surface area contributed by atoms with Crippen LogP contribution < -0.4 is 20.1 Å². The van der Waals surface area contributed by atoms with Crippen molar-refractivity contribution in [3.63, 3.8) is 0 Å². The van der Waals surface area contributed by atoms with Crippen LogP contribution in [0.2, 0.25) is 0 Å². The van der Waals surface area contributed by atoms with Crippen molar-refractivity contribution in [1.29, 1.82) is 0 Å². The molecule has 0 aliphatic carbocycles. The molecule has 0 aromatic heterocycles. The van der Waals surface area contributed by atoms with E-state index in [1.54, 1.807) is 0 Å². The Balaban J connectivity index is 2.14. The van der Waals surface area contributed by atoms with Gasteiger partial charge in [-0.1, -0.05) is 132 Å². The zero-order valence-corrected chi connectivity index (χ0v) is 29.0. The first-order chi connectivity index (χ1) is 20.9. The van der Waals surface area contributed by atoms with Crippen LogP contribution in [0.15, 0.2) is 36.4 Å². The van der Waals surface area contributed by atoms with Crippen LogP contribution >= 0.6 is 0 Å². The molecule has 0 aliphatic heterocycles. The van der Waals surface area contributed by atoms with Crippen LogP contribution in [0.5, 0.6) is 11.5 Å². The summed E-state index contributed by atoms with van der Waals surface area (Å²) in [5.41, 5.74) is 2.84. The second-order valence-corrected chi connectivity index (χ2v) is 14.1. The van der Waals surface area contributed by atoms with E-state index in [-0.39, 0.29) is 10.8 Å². The van der Waals surface area contributed by atoms with E-state index in [1.807, 2.05) is 36.4 Å². The third-order valence-electron chi connectivity index (χ3n) is 7.90. The summed E-state index contributed by atoms with van der Waals surface area (Å²) in [6, 6.07) is 11.7. The maximum absolute atomic E-state index is 13.3. The van der Waals surface area contributed by atoms with Crippen molar-refractivity contribution >= 4 is 23.2 Å². The fourth-order valence-corrected chi connectivity index (χ4v) is 4.93. The maximum Gasteiger partial charge on any atom is 0.314 e. The third kappa shape index (κ3) is 13.3. The highest BCUT2D eigenvalue weighted by atomic mass is 16.5. The van der Waals surface area contributed by atoms with Crippen molar-refractivity contribution in [2.45, 2.75) is 143 Å². The molecule has 2 N–H and O–H groups in total. The quantitative estimate of drug-likeness (QED) is 0.130. The lowest BCUT2D eigenvalue weighted by Crippen LogP contribution is -2.30. The molecule has 2 rings (SSSR count). The Labute approximate surface area is 268 Å². The molecule has 0 saturated heterocycles. The molecular weight excluding hydrogens is 548 g/mol. The number of hydrogen-bond donors (Lipinski definition) is 2. The van der Waals surface area contributed by atoms with Crippen molar-refractivity contribution in [2.75, 3.05) is 23.8 Å². The Morgan fingerprint density at radius 2 is 0.886 bits per heavy atom. The zero-order chi connectivity index (χ0) is 32.6. The summed E-state index contributed by atoms with van der Waals surface area (Å²) in [4.78, 5) is 26.5. The minimum atomic E-state index is -0.747. The number of benzene rings is 2. The second-order valence-electron chi connectivity index (χ2n) is 14.1. The van der Waals surface area contributed by atoms with Gasteiger partial charge in [-0.2, -0.15) is 0 Å². The van der Waals surface area contributed by atoms with Crippen molar-refractivity contribution in [3.8, 4) is 11.5 Å². The standard InChI is InChI=1S/C38H60N2O4/c1-9-11-13-15-17-19-25-43-33-23-21-29(37(3,4)5)27-31(33)39-35(41)36(42)40-32-28-30(38(6,7)8)22-24-34(32)44-26-20-18-16-14-12-10-2/h21-24,27-28H,9-20,25-26H2,1-8H3,(H,39,41)(H,40,42). The van der Waals surface area contributed by atoms with E-state index in [4.69, 9.17) is 9.47 Å². The van der Waals surface area contributed by atoms with Gasteiger partial charge in [0.25, 0.3) is 0 Å². The van der Waals surface area contributed by atoms with Gasteiger partial charge in [-0.15, -0.1) is 0 Å². The monoisotopic (exact) mass is 608 g/mol. The van der Waals surface area contributed by atoms with Gasteiger partial charge in [-0.25, -0.2) is 0 Å². The molecule has 2 aromatic rings. The number of ether oxygens (including phenoxy) is 2. The third-order valence-corrected chi connectivity index (χ3v) is 7.90. The summed E-state index contributed by atoms with van der Waals surface area (Å²) in [5.74, 6) is -0.345. The Hall–Kier alpha value is -3.02. The average Bonchev–Trinajstić information content (AvgIpc) is 2.96. The second kappa shape index (κ2) is 18.7. The highest BCUT2D eigenvalue weighted by Gasteiger charge is 2.22. The SMILES string of the molecule is CCCCCCCCOc1ccc(C(C)(C)C)cc1NC(=O)C(=O)Nc1cc(C(C)(C)C)ccc1OCCCCCCCC. The minimum Gasteiger partial charge on any atom is -0.491 e. The number of unbranched alkanes of at least 4 members (excludes halogenated alkanes) is 10. The topological polar surface area (TPSA) is 76.7 Å². The van der Waals surface area contributed by atoms with Gasteiger partial charge in [0, 0.05) is 0 Å². The smallest absolute Gasteiger partial charge is 0.314 e. The molecule has 246 valence electrons. The highest BCUT2D eigenvalue weighted by Crippen LogP contribution is 2.34. The Morgan fingerprint density at radius 1 is 0.545 bits per heavy atom. The minimum absolute atomic E-state index is 0.130. The maximum atomic E-state index is 13.3. The van der Waals surface area contributed by atoms with Crippen LogP contribution in [0.1, 0.15) is 144 Å². The van der Waals surface area contributed by atoms with E-state index >= 15 is 0 Å². The van der Waals surface area contributed by atoms with Crippen LogP contribution in [0, 0.1) is 0 Å². The van der Waals surface area contributed by atoms with Crippen LogP contribution in [0.25, 0.3) is 0 Å². The van der Waals surface area contributed by atoms with Crippen molar-refractivity contribution < 1.29 is 19.1 Å². The fourth-order valence-electron chi connectivity index (χ4n) is 4.93. The van der Waals surface area contributed by atoms with Crippen LogP contribution in [-0.2, 0) is 20.4 Å². The van der Waals surface area contributed by atoms with Crippen LogP contribution in [0.3, 0.4) is 0 Å². The molecule has 2 aromatic carbocycles. The van der Waals surface area contributed by atoms with Crippen molar-refractivity contribution in [3.05, 3.63) is 47.5 Å². The van der Waals surface area contributed by atoms with Gasteiger partial charge >= 0.3 is 11.8 Å². The number of anilines is 2. The molecule has 0 atom stereocenters. The summed E-state index contributed by atoms with van der Waals surface area (Å²) in [7, 11) is 0. The van der Waals surface area contributed by atoms with E-state index in [0.29, 0.717) is 36.1 Å². The number of amides is 2. The number of rotatable bonds is 18. The van der Waals surface area contributed by atoms with Gasteiger partial charge in [-0.3, -0.25) is 9.59 Å². The van der Waals surface area contributed by atoms with Gasteiger partial charge in [0.05, 0.1) is 24.6 Å². The lowest BCUT2D eigenvalue weighted by molar-refractivity contribution is -0.133. The Morgan fingerprint density at radius 3 is 1.23 bits per heavy atom. The zero-order valence-electron chi connectivity index (χ0n) is 29.0. The average molecular weight is 609 g/mol. The van der Waals surface area contributed by atoms with Gasteiger partial charge in [0.1, 0.15) is 11.5 Å². The summed E-state index contributed by atoms with van der Waals surface area (Å²) >= 11 is 0. The first-order valence-corrected chi connectivity index (χ1v) is 17.0. The van der Waals surface area contributed by atoms with Gasteiger partial charge in [0.15, 0.2) is 0 Å². The van der Waals surface area contributed by atoms with Crippen molar-refractivity contribution in [2.24, 2.45) is 0 Å². The normalized spacial score (nSPS) is 11.7. The summed E-state index contributed by atoms with van der Waals surface area (Å²) in [6.07, 6.45) is 14.0. The molecule has 0 saturated carbocycles. The molecule has 0 bridgehead atoms. The molecule has 0 unspecified atom stereocenters. The predicted molar refractivity (Wildman–Crippen MR) is 185 cm³/mol. The van der Waals surface area contributed by atoms with Gasteiger partial charge in [-0.05, 0) is 59.1 Å². The molecular formula is C38H60N2O4. The summed E-state index contributed by atoms with van der Waals surface area (Å²) < 4.78 is 12.2. The van der Waals surface area contributed by atoms with Gasteiger partial charge < -0.3 is 20.1 Å².